The van der Waals surface area contributed by atoms with Crippen LogP contribution >= 0.6 is 0 Å². The number of amides is 1. The van der Waals surface area contributed by atoms with Crippen LogP contribution in [-0.4, -0.2) is 34.0 Å². The second-order valence-corrected chi connectivity index (χ2v) is 7.33. The number of aryl methyl sites for hydroxylation is 1. The van der Waals surface area contributed by atoms with E-state index in [9.17, 15) is 18.0 Å². The number of carbonyl (C=O) groups is 1. The summed E-state index contributed by atoms with van der Waals surface area (Å²) in [6.45, 7) is 2.50. The Morgan fingerprint density at radius 3 is 2.90 bits per heavy atom. The van der Waals surface area contributed by atoms with E-state index in [0.29, 0.717) is 36.5 Å². The molecule has 0 aliphatic carbocycles. The minimum atomic E-state index is -2.68. The van der Waals surface area contributed by atoms with Gasteiger partial charge in [-0.25, -0.2) is 18.2 Å². The molecule has 1 aromatic carbocycles. The van der Waals surface area contributed by atoms with Gasteiger partial charge in [-0.2, -0.15) is 0 Å². The molecular weight excluding hydrogens is 383 g/mol. The topological polar surface area (TPSA) is 59.2 Å². The first-order valence-corrected chi connectivity index (χ1v) is 9.50. The van der Waals surface area contributed by atoms with Crippen molar-refractivity contribution in [1.29, 1.82) is 0 Å². The predicted molar refractivity (Wildman–Crippen MR) is 100 cm³/mol. The first kappa shape index (κ1) is 19.4. The van der Waals surface area contributed by atoms with Crippen LogP contribution in [-0.2, 0) is 11.2 Å². The van der Waals surface area contributed by atoms with E-state index in [4.69, 9.17) is 4.52 Å². The fraction of sp³-hybridized carbons (Fsp3) is 0.381. The van der Waals surface area contributed by atoms with Crippen molar-refractivity contribution in [2.45, 2.75) is 38.5 Å². The van der Waals surface area contributed by atoms with Gasteiger partial charge >= 0.3 is 0 Å². The van der Waals surface area contributed by atoms with Crippen LogP contribution in [0.4, 0.5) is 13.2 Å². The van der Waals surface area contributed by atoms with Crippen LogP contribution in [0.5, 0.6) is 0 Å². The number of likely N-dealkylation sites (tertiary alicyclic amines) is 1. The number of piperidine rings is 1. The van der Waals surface area contributed by atoms with E-state index in [0.717, 1.165) is 6.42 Å². The standard InChI is InChI=1S/C21H20F3N3O2/c1-12-19-15(20(23)24)10-17(25-21(19)29-26-12)14-6-4-8-27(11-14)18(28)9-13-5-2-3-7-16(13)22/h2-3,5,7,10,14,20H,4,6,8-9,11H2,1H3/t14-/m1/s1. The molecule has 1 atom stereocenters. The van der Waals surface area contributed by atoms with Gasteiger partial charge in [-0.3, -0.25) is 4.79 Å². The molecule has 1 fully saturated rings. The Hall–Kier alpha value is -2.90. The Kier molecular flexibility index (Phi) is 5.25. The van der Waals surface area contributed by atoms with Crippen LogP contribution in [0.1, 0.15) is 47.7 Å². The third-order valence-corrected chi connectivity index (χ3v) is 5.39. The second-order valence-electron chi connectivity index (χ2n) is 7.33. The zero-order valence-corrected chi connectivity index (χ0v) is 15.9. The summed E-state index contributed by atoms with van der Waals surface area (Å²) in [6.07, 6.45) is -1.28. The number of nitrogens with zero attached hydrogens (tertiary/aromatic N) is 3. The highest BCUT2D eigenvalue weighted by Gasteiger charge is 2.28. The third-order valence-electron chi connectivity index (χ3n) is 5.39. The van der Waals surface area contributed by atoms with E-state index in [1.807, 2.05) is 0 Å². The van der Waals surface area contributed by atoms with E-state index in [1.54, 1.807) is 30.0 Å². The summed E-state index contributed by atoms with van der Waals surface area (Å²) in [5, 5.41) is 4.00. The molecule has 1 aliphatic rings. The Bertz CT molecular complexity index is 1050. The average molecular weight is 403 g/mol. The van der Waals surface area contributed by atoms with E-state index in [1.165, 1.54) is 12.1 Å². The van der Waals surface area contributed by atoms with Crippen molar-refractivity contribution in [3.63, 3.8) is 0 Å². The van der Waals surface area contributed by atoms with Crippen molar-refractivity contribution >= 4 is 17.0 Å². The number of fused-ring (bicyclic) bond motifs is 1. The number of rotatable bonds is 4. The van der Waals surface area contributed by atoms with Gasteiger partial charge in [0.25, 0.3) is 12.1 Å². The van der Waals surface area contributed by atoms with Crippen molar-refractivity contribution in [1.82, 2.24) is 15.0 Å². The molecule has 0 N–H and O–H groups in total. The number of alkyl halides is 2. The zero-order chi connectivity index (χ0) is 20.5. The van der Waals surface area contributed by atoms with Gasteiger partial charge in [-0.1, -0.05) is 23.4 Å². The van der Waals surface area contributed by atoms with E-state index in [-0.39, 0.29) is 34.9 Å². The van der Waals surface area contributed by atoms with Crippen LogP contribution in [0.3, 0.4) is 0 Å². The summed E-state index contributed by atoms with van der Waals surface area (Å²) in [4.78, 5) is 18.7. The van der Waals surface area contributed by atoms with Crippen molar-refractivity contribution in [2.75, 3.05) is 13.1 Å². The molecule has 152 valence electrons. The molecule has 1 amide bonds. The Labute approximate surface area is 165 Å². The van der Waals surface area contributed by atoms with Crippen LogP contribution < -0.4 is 0 Å². The van der Waals surface area contributed by atoms with Crippen molar-refractivity contribution in [3.8, 4) is 0 Å². The SMILES string of the molecule is Cc1noc2nc([C@@H]3CCCN(C(=O)Cc4ccccc4F)C3)cc(C(F)F)c12. The van der Waals surface area contributed by atoms with Crippen LogP contribution in [0.2, 0.25) is 0 Å². The Morgan fingerprint density at radius 1 is 1.34 bits per heavy atom. The quantitative estimate of drug-likeness (QED) is 0.641. The largest absolute Gasteiger partial charge is 0.342 e. The molecule has 0 unspecified atom stereocenters. The van der Waals surface area contributed by atoms with Crippen LogP contribution in [0.25, 0.3) is 11.1 Å². The third kappa shape index (κ3) is 3.83. The number of pyridine rings is 1. The van der Waals surface area contributed by atoms with Gasteiger partial charge in [-0.05, 0) is 37.5 Å². The lowest BCUT2D eigenvalue weighted by molar-refractivity contribution is -0.131. The molecule has 29 heavy (non-hydrogen) atoms. The minimum absolute atomic E-state index is 0.0323. The second kappa shape index (κ2) is 7.85. The highest BCUT2D eigenvalue weighted by atomic mass is 19.3. The molecule has 1 saturated heterocycles. The van der Waals surface area contributed by atoms with Gasteiger partial charge < -0.3 is 9.42 Å². The monoisotopic (exact) mass is 403 g/mol. The van der Waals surface area contributed by atoms with Crippen molar-refractivity contribution in [3.05, 3.63) is 58.7 Å². The molecule has 0 bridgehead atoms. The lowest BCUT2D eigenvalue weighted by atomic mass is 9.92. The summed E-state index contributed by atoms with van der Waals surface area (Å²) in [6, 6.07) is 7.58. The smallest absolute Gasteiger partial charge is 0.264 e. The maximum atomic E-state index is 13.9. The lowest BCUT2D eigenvalue weighted by Gasteiger charge is -2.32. The lowest BCUT2D eigenvalue weighted by Crippen LogP contribution is -2.40. The summed E-state index contributed by atoms with van der Waals surface area (Å²) >= 11 is 0. The zero-order valence-electron chi connectivity index (χ0n) is 15.9. The van der Waals surface area contributed by atoms with Crippen LogP contribution in [0.15, 0.2) is 34.9 Å². The van der Waals surface area contributed by atoms with Gasteiger partial charge in [0.1, 0.15) is 5.82 Å². The van der Waals surface area contributed by atoms with Crippen LogP contribution in [0, 0.1) is 12.7 Å². The molecule has 3 aromatic rings. The fourth-order valence-electron chi connectivity index (χ4n) is 3.89. The van der Waals surface area contributed by atoms with Crippen molar-refractivity contribution < 1.29 is 22.5 Å². The van der Waals surface area contributed by atoms with E-state index >= 15 is 0 Å². The van der Waals surface area contributed by atoms with Gasteiger partial charge in [0.2, 0.25) is 5.91 Å². The molecular formula is C21H20F3N3O2. The highest BCUT2D eigenvalue weighted by molar-refractivity contribution is 5.81. The number of hydrogen-bond acceptors (Lipinski definition) is 4. The van der Waals surface area contributed by atoms with Gasteiger partial charge in [-0.15, -0.1) is 0 Å². The molecule has 5 nitrogen and oxygen atoms in total. The summed E-state index contributed by atoms with van der Waals surface area (Å²) in [7, 11) is 0. The molecule has 0 saturated carbocycles. The molecule has 8 heteroatoms. The maximum Gasteiger partial charge on any atom is 0.264 e. The molecule has 0 spiro atoms. The predicted octanol–water partition coefficient (Wildman–Crippen LogP) is 4.56. The molecule has 0 radical (unpaired) electrons. The molecule has 2 aromatic heterocycles. The molecule has 1 aliphatic heterocycles. The maximum absolute atomic E-state index is 13.9. The summed E-state index contributed by atoms with van der Waals surface area (Å²) < 4.78 is 46.2. The summed E-state index contributed by atoms with van der Waals surface area (Å²) in [5.41, 5.74) is 1.12. The number of benzene rings is 1. The first-order chi connectivity index (χ1) is 13.9. The van der Waals surface area contributed by atoms with Gasteiger partial charge in [0.15, 0.2) is 0 Å². The number of halogens is 3. The van der Waals surface area contributed by atoms with Crippen molar-refractivity contribution in [2.24, 2.45) is 0 Å². The Morgan fingerprint density at radius 2 is 2.14 bits per heavy atom. The number of carbonyl (C=O) groups excluding carboxylic acids is 1. The number of hydrogen-bond donors (Lipinski definition) is 0. The molecule has 4 rings (SSSR count). The van der Waals surface area contributed by atoms with E-state index in [2.05, 4.69) is 10.1 Å². The minimum Gasteiger partial charge on any atom is -0.342 e. The van der Waals surface area contributed by atoms with Gasteiger partial charge in [0, 0.05) is 30.3 Å². The molecule has 3 heterocycles. The summed E-state index contributed by atoms with van der Waals surface area (Å²) in [5.74, 6) is -0.796. The normalized spacial score (nSPS) is 17.3. The highest BCUT2D eigenvalue weighted by Crippen LogP contribution is 2.34. The average Bonchev–Trinajstić information content (AvgIpc) is 3.10. The first-order valence-electron chi connectivity index (χ1n) is 9.50. The fourth-order valence-corrected chi connectivity index (χ4v) is 3.89. The number of aromatic nitrogens is 2. The van der Waals surface area contributed by atoms with E-state index < -0.39 is 12.2 Å². The van der Waals surface area contributed by atoms with Gasteiger partial charge in [0.05, 0.1) is 17.5 Å². The Balaban J connectivity index is 1.57.